The number of benzene rings is 1. The van der Waals surface area contributed by atoms with Crippen LogP contribution >= 0.6 is 0 Å². The van der Waals surface area contributed by atoms with Crippen molar-refractivity contribution in [3.63, 3.8) is 0 Å². The van der Waals surface area contributed by atoms with Gasteiger partial charge in [-0.15, -0.1) is 10.2 Å². The van der Waals surface area contributed by atoms with Crippen LogP contribution in [0.25, 0.3) is 16.8 Å². The Hall–Kier alpha value is -4.46. The molecule has 1 aliphatic rings. The predicted molar refractivity (Wildman–Crippen MR) is 127 cm³/mol. The number of pyridine rings is 1. The van der Waals surface area contributed by atoms with Crippen LogP contribution in [0.1, 0.15) is 34.6 Å². The number of nitrogens with zero attached hydrogens (tertiary/aromatic N) is 8. The van der Waals surface area contributed by atoms with Gasteiger partial charge in [-0.25, -0.2) is 9.38 Å². The average molecular weight is 488 g/mol. The van der Waals surface area contributed by atoms with Crippen LogP contribution in [0.2, 0.25) is 0 Å². The molecule has 0 saturated carbocycles. The molecular weight excluding hydrogens is 469 g/mol. The van der Waals surface area contributed by atoms with Gasteiger partial charge >= 0.3 is 6.18 Å². The van der Waals surface area contributed by atoms with Crippen LogP contribution in [0.15, 0.2) is 42.7 Å². The van der Waals surface area contributed by atoms with Gasteiger partial charge in [-0.1, -0.05) is 17.9 Å². The second-order valence-electron chi connectivity index (χ2n) is 8.59. The van der Waals surface area contributed by atoms with Gasteiger partial charge in [0.25, 0.3) is 5.78 Å². The van der Waals surface area contributed by atoms with Crippen LogP contribution in [-0.2, 0) is 19.6 Å². The number of aryl methyl sites for hydroxylation is 2. The first-order chi connectivity index (χ1) is 17.3. The molecule has 0 atom stereocenters. The summed E-state index contributed by atoms with van der Waals surface area (Å²) in [6, 6.07) is 8.28. The fraction of sp³-hybridized carbons (Fsp3) is 0.240. The Labute approximate surface area is 203 Å². The highest BCUT2D eigenvalue weighted by Gasteiger charge is 2.34. The van der Waals surface area contributed by atoms with Gasteiger partial charge < -0.3 is 4.90 Å². The van der Waals surface area contributed by atoms with E-state index in [2.05, 4.69) is 32.1 Å². The highest BCUT2D eigenvalue weighted by atomic mass is 19.4. The number of rotatable bonds is 1. The second kappa shape index (κ2) is 8.05. The van der Waals surface area contributed by atoms with E-state index in [9.17, 15) is 13.2 Å². The van der Waals surface area contributed by atoms with E-state index < -0.39 is 11.9 Å². The molecule has 0 amide bonds. The zero-order valence-electron chi connectivity index (χ0n) is 19.4. The Morgan fingerprint density at radius 3 is 2.67 bits per heavy atom. The molecule has 5 aromatic rings. The van der Waals surface area contributed by atoms with Crippen molar-refractivity contribution in [1.82, 2.24) is 34.3 Å². The van der Waals surface area contributed by atoms with Crippen LogP contribution in [0, 0.1) is 18.8 Å². The van der Waals surface area contributed by atoms with E-state index in [-0.39, 0.29) is 11.4 Å². The molecule has 1 aromatic carbocycles. The van der Waals surface area contributed by atoms with Gasteiger partial charge in [0, 0.05) is 31.0 Å². The van der Waals surface area contributed by atoms with Gasteiger partial charge in [0.2, 0.25) is 0 Å². The maximum Gasteiger partial charge on any atom is 0.433 e. The van der Waals surface area contributed by atoms with Crippen molar-refractivity contribution in [3.05, 3.63) is 70.9 Å². The maximum atomic E-state index is 13.5. The van der Waals surface area contributed by atoms with Gasteiger partial charge in [0.05, 0.1) is 17.1 Å². The Morgan fingerprint density at radius 1 is 1.03 bits per heavy atom. The lowest BCUT2D eigenvalue weighted by molar-refractivity contribution is -0.141. The molecule has 8 nitrogen and oxygen atoms in total. The standard InChI is InChI=1S/C25H19F3N8/c1-15-32-33-24-31-22(19-10-11-21(25(26,27)28)30-23(19)36(15)24)35-12-4-6-18-17(5-3-7-20(18)35)9-8-16-13-29-34(2)14-16/h3,5,7,10-11,13-14H,4,6,12H2,1-2H3. The van der Waals surface area contributed by atoms with Crippen LogP contribution in [0.3, 0.4) is 0 Å². The maximum absolute atomic E-state index is 13.5. The number of halogens is 3. The molecule has 6 rings (SSSR count). The summed E-state index contributed by atoms with van der Waals surface area (Å²) in [4.78, 5) is 10.7. The van der Waals surface area contributed by atoms with Crippen molar-refractivity contribution in [2.45, 2.75) is 25.9 Å². The molecule has 0 bridgehead atoms. The highest BCUT2D eigenvalue weighted by Crippen LogP contribution is 2.38. The number of hydrogen-bond acceptors (Lipinski definition) is 6. The molecule has 0 saturated heterocycles. The summed E-state index contributed by atoms with van der Waals surface area (Å²) in [5, 5.41) is 12.7. The Bertz CT molecular complexity index is 1700. The number of anilines is 2. The third-order valence-corrected chi connectivity index (χ3v) is 6.18. The number of hydrogen-bond donors (Lipinski definition) is 0. The number of alkyl halides is 3. The molecule has 0 unspecified atom stereocenters. The summed E-state index contributed by atoms with van der Waals surface area (Å²) < 4.78 is 43.6. The van der Waals surface area contributed by atoms with E-state index in [1.54, 1.807) is 17.8 Å². The zero-order chi connectivity index (χ0) is 25.0. The van der Waals surface area contributed by atoms with Crippen molar-refractivity contribution in [2.24, 2.45) is 7.05 Å². The van der Waals surface area contributed by atoms with E-state index in [0.29, 0.717) is 23.6 Å². The lowest BCUT2D eigenvalue weighted by Gasteiger charge is -2.31. The first-order valence-corrected chi connectivity index (χ1v) is 11.3. The third-order valence-electron chi connectivity index (χ3n) is 6.18. The molecule has 4 aromatic heterocycles. The zero-order valence-corrected chi connectivity index (χ0v) is 19.4. The van der Waals surface area contributed by atoms with Crippen molar-refractivity contribution in [2.75, 3.05) is 11.4 Å². The summed E-state index contributed by atoms with van der Waals surface area (Å²) in [6.07, 6.45) is 0.633. The minimum atomic E-state index is -4.58. The lowest BCUT2D eigenvalue weighted by Crippen LogP contribution is -2.26. The Kier molecular flexibility index (Phi) is 4.93. The molecule has 0 spiro atoms. The molecular formula is C25H19F3N8. The summed E-state index contributed by atoms with van der Waals surface area (Å²) in [7, 11) is 1.84. The molecule has 0 aliphatic carbocycles. The second-order valence-corrected chi connectivity index (χ2v) is 8.59. The monoisotopic (exact) mass is 488 g/mol. The fourth-order valence-corrected chi connectivity index (χ4v) is 4.57. The molecule has 0 N–H and O–H groups in total. The van der Waals surface area contributed by atoms with Crippen LogP contribution < -0.4 is 4.90 Å². The highest BCUT2D eigenvalue weighted by molar-refractivity contribution is 5.92. The average Bonchev–Trinajstić information content (AvgIpc) is 3.46. The van der Waals surface area contributed by atoms with Gasteiger partial charge in [0.1, 0.15) is 17.3 Å². The van der Waals surface area contributed by atoms with Gasteiger partial charge in [-0.05, 0) is 49.6 Å². The van der Waals surface area contributed by atoms with E-state index in [0.717, 1.165) is 41.3 Å². The normalized spacial score (nSPS) is 13.6. The van der Waals surface area contributed by atoms with Crippen LogP contribution in [-0.4, -0.2) is 40.9 Å². The van der Waals surface area contributed by atoms with Gasteiger partial charge in [-0.3, -0.25) is 4.68 Å². The largest absolute Gasteiger partial charge is 0.433 e. The minimum Gasteiger partial charge on any atom is -0.325 e. The Balaban J connectivity index is 1.53. The van der Waals surface area contributed by atoms with E-state index >= 15 is 0 Å². The molecule has 36 heavy (non-hydrogen) atoms. The van der Waals surface area contributed by atoms with E-state index in [1.165, 1.54) is 10.5 Å². The molecule has 0 radical (unpaired) electrons. The summed E-state index contributed by atoms with van der Waals surface area (Å²) in [5.41, 5.74) is 2.82. The smallest absolute Gasteiger partial charge is 0.325 e. The number of fused-ring (bicyclic) bond motifs is 4. The lowest BCUT2D eigenvalue weighted by atomic mass is 9.96. The fourth-order valence-electron chi connectivity index (χ4n) is 4.57. The quantitative estimate of drug-likeness (QED) is 0.329. The third kappa shape index (κ3) is 3.62. The van der Waals surface area contributed by atoms with Crippen molar-refractivity contribution < 1.29 is 13.2 Å². The predicted octanol–water partition coefficient (Wildman–Crippen LogP) is 4.22. The topological polar surface area (TPSA) is 77.0 Å². The SMILES string of the molecule is Cc1nnc2nc(N3CCCc4c(C#Cc5cnn(C)c5)cccc43)c3ccc(C(F)(F)F)nc3n12. The van der Waals surface area contributed by atoms with E-state index in [4.69, 9.17) is 4.98 Å². The molecule has 5 heterocycles. The van der Waals surface area contributed by atoms with E-state index in [1.807, 2.05) is 36.3 Å². The van der Waals surface area contributed by atoms with Crippen molar-refractivity contribution >= 4 is 28.3 Å². The minimum absolute atomic E-state index is 0.118. The first kappa shape index (κ1) is 22.0. The van der Waals surface area contributed by atoms with Crippen LogP contribution in [0.5, 0.6) is 0 Å². The van der Waals surface area contributed by atoms with Gasteiger partial charge in [-0.2, -0.15) is 23.3 Å². The summed E-state index contributed by atoms with van der Waals surface area (Å²) >= 11 is 0. The Morgan fingerprint density at radius 2 is 1.89 bits per heavy atom. The van der Waals surface area contributed by atoms with Crippen molar-refractivity contribution in [3.8, 4) is 11.8 Å². The molecule has 0 fully saturated rings. The number of aromatic nitrogens is 7. The van der Waals surface area contributed by atoms with Gasteiger partial charge in [0.15, 0.2) is 5.65 Å². The molecule has 1 aliphatic heterocycles. The van der Waals surface area contributed by atoms with Crippen LogP contribution in [0.4, 0.5) is 24.7 Å². The summed E-state index contributed by atoms with van der Waals surface area (Å²) in [6.45, 7) is 2.30. The van der Waals surface area contributed by atoms with Crippen molar-refractivity contribution in [1.29, 1.82) is 0 Å². The molecule has 180 valence electrons. The summed E-state index contributed by atoms with van der Waals surface area (Å²) in [5.74, 6) is 7.51. The first-order valence-electron chi connectivity index (χ1n) is 11.3. The molecule has 11 heteroatoms.